The molecule has 1 aromatic carbocycles. The molecule has 0 unspecified atom stereocenters. The number of imide groups is 1. The molecular formula is C17H17N5O3S2. The highest BCUT2D eigenvalue weighted by Gasteiger charge is 2.26. The van der Waals surface area contributed by atoms with Crippen LogP contribution in [0.15, 0.2) is 45.4 Å². The molecule has 1 atom stereocenters. The van der Waals surface area contributed by atoms with E-state index in [0.29, 0.717) is 12.3 Å². The van der Waals surface area contributed by atoms with Crippen molar-refractivity contribution in [1.29, 1.82) is 0 Å². The number of hydrogen-bond acceptors (Lipinski definition) is 8. The van der Waals surface area contributed by atoms with Gasteiger partial charge in [-0.1, -0.05) is 30.3 Å². The highest BCUT2D eigenvalue weighted by Crippen LogP contribution is 2.34. The lowest BCUT2D eigenvalue weighted by Crippen LogP contribution is -2.39. The van der Waals surface area contributed by atoms with Crippen LogP contribution in [-0.4, -0.2) is 34.2 Å². The number of aryl methyl sites for hydroxylation is 1. The molecule has 3 amide bonds. The fourth-order valence-corrected chi connectivity index (χ4v) is 3.75. The van der Waals surface area contributed by atoms with Crippen LogP contribution in [0, 0.1) is 6.92 Å². The van der Waals surface area contributed by atoms with Crippen LogP contribution in [0.5, 0.6) is 0 Å². The largest absolute Gasteiger partial charge is 0.416 e. The van der Waals surface area contributed by atoms with Crippen molar-refractivity contribution in [3.8, 4) is 0 Å². The van der Waals surface area contributed by atoms with Crippen molar-refractivity contribution < 1.29 is 14.0 Å². The SMILES string of the molecule is CNC(=O)NC(=O)[C@@H](Sc1nnc(Cc2csc(C)n2)o1)c1ccccc1. The Kier molecular flexibility index (Phi) is 6.20. The first-order valence-corrected chi connectivity index (χ1v) is 9.78. The molecular weight excluding hydrogens is 386 g/mol. The van der Waals surface area contributed by atoms with E-state index in [4.69, 9.17) is 4.42 Å². The van der Waals surface area contributed by atoms with Crippen LogP contribution in [0.3, 0.4) is 0 Å². The Labute approximate surface area is 163 Å². The summed E-state index contributed by atoms with van der Waals surface area (Å²) >= 11 is 2.64. The summed E-state index contributed by atoms with van der Waals surface area (Å²) in [5.74, 6) is -0.0539. The highest BCUT2D eigenvalue weighted by molar-refractivity contribution is 8.00. The van der Waals surface area contributed by atoms with Crippen LogP contribution in [0.25, 0.3) is 0 Å². The van der Waals surface area contributed by atoms with Gasteiger partial charge in [0, 0.05) is 12.4 Å². The van der Waals surface area contributed by atoms with Gasteiger partial charge in [-0.15, -0.1) is 21.5 Å². The molecule has 2 aromatic heterocycles. The fourth-order valence-electron chi connectivity index (χ4n) is 2.24. The minimum absolute atomic E-state index is 0.248. The third-order valence-corrected chi connectivity index (χ3v) is 5.38. The molecule has 0 bridgehead atoms. The summed E-state index contributed by atoms with van der Waals surface area (Å²) in [5, 5.41) is 15.1. The molecule has 3 aromatic rings. The molecule has 27 heavy (non-hydrogen) atoms. The van der Waals surface area contributed by atoms with Crippen LogP contribution < -0.4 is 10.6 Å². The number of thioether (sulfide) groups is 1. The van der Waals surface area contributed by atoms with E-state index in [1.807, 2.05) is 30.5 Å². The van der Waals surface area contributed by atoms with Crippen LogP contribution in [-0.2, 0) is 11.2 Å². The normalized spacial score (nSPS) is 11.8. The van der Waals surface area contributed by atoms with Crippen molar-refractivity contribution in [3.63, 3.8) is 0 Å². The van der Waals surface area contributed by atoms with E-state index in [2.05, 4.69) is 25.8 Å². The molecule has 3 rings (SSSR count). The smallest absolute Gasteiger partial charge is 0.321 e. The summed E-state index contributed by atoms with van der Waals surface area (Å²) in [6.45, 7) is 1.93. The van der Waals surface area contributed by atoms with Gasteiger partial charge in [-0.2, -0.15) is 0 Å². The number of rotatable bonds is 6. The molecule has 8 nitrogen and oxygen atoms in total. The molecule has 2 N–H and O–H groups in total. The van der Waals surface area contributed by atoms with Gasteiger partial charge >= 0.3 is 6.03 Å². The molecule has 0 radical (unpaired) electrons. The molecule has 0 saturated carbocycles. The predicted molar refractivity (Wildman–Crippen MR) is 102 cm³/mol. The molecule has 0 aliphatic carbocycles. The van der Waals surface area contributed by atoms with E-state index in [-0.39, 0.29) is 5.22 Å². The van der Waals surface area contributed by atoms with Crippen LogP contribution >= 0.6 is 23.1 Å². The number of carbonyl (C=O) groups is 2. The van der Waals surface area contributed by atoms with Gasteiger partial charge in [0.05, 0.1) is 17.1 Å². The standard InChI is InChI=1S/C17H17N5O3S2/c1-10-19-12(9-26-10)8-13-21-22-17(25-13)27-14(11-6-4-3-5-7-11)15(23)20-16(24)18-2/h3-7,9,14H,8H2,1-2H3,(H2,18,20,23,24)/t14-/m0/s1. The summed E-state index contributed by atoms with van der Waals surface area (Å²) in [5.41, 5.74) is 1.58. The Morgan fingerprint density at radius 2 is 2.04 bits per heavy atom. The third kappa shape index (κ3) is 5.14. The number of aromatic nitrogens is 3. The van der Waals surface area contributed by atoms with Crippen molar-refractivity contribution in [3.05, 3.63) is 57.9 Å². The van der Waals surface area contributed by atoms with Crippen molar-refractivity contribution in [2.75, 3.05) is 7.05 Å². The molecule has 2 heterocycles. The van der Waals surface area contributed by atoms with Gasteiger partial charge in [-0.3, -0.25) is 10.1 Å². The van der Waals surface area contributed by atoms with E-state index in [1.165, 1.54) is 7.05 Å². The van der Waals surface area contributed by atoms with Crippen molar-refractivity contribution >= 4 is 35.0 Å². The highest BCUT2D eigenvalue weighted by atomic mass is 32.2. The number of nitrogens with one attached hydrogen (secondary N) is 2. The molecule has 10 heteroatoms. The molecule has 0 aliphatic heterocycles. The van der Waals surface area contributed by atoms with E-state index < -0.39 is 17.2 Å². The third-order valence-electron chi connectivity index (χ3n) is 3.47. The van der Waals surface area contributed by atoms with Crippen LogP contribution in [0.1, 0.15) is 27.4 Å². The molecule has 0 fully saturated rings. The quantitative estimate of drug-likeness (QED) is 0.609. The maximum absolute atomic E-state index is 12.5. The Hall–Kier alpha value is -2.72. The van der Waals surface area contributed by atoms with Gasteiger partial charge in [0.2, 0.25) is 11.8 Å². The number of amides is 3. The number of nitrogens with zero attached hydrogens (tertiary/aromatic N) is 3. The van der Waals surface area contributed by atoms with Gasteiger partial charge in [-0.05, 0) is 24.2 Å². The zero-order chi connectivity index (χ0) is 19.2. The lowest BCUT2D eigenvalue weighted by molar-refractivity contribution is -0.119. The zero-order valence-electron chi connectivity index (χ0n) is 14.6. The fraction of sp³-hybridized carbons (Fsp3) is 0.235. The average Bonchev–Trinajstić information content (AvgIpc) is 3.29. The number of carbonyl (C=O) groups excluding carboxylic acids is 2. The molecule has 140 valence electrons. The Balaban J connectivity index is 1.76. The van der Waals surface area contributed by atoms with Gasteiger partial charge in [0.1, 0.15) is 5.25 Å². The Bertz CT molecular complexity index is 926. The Morgan fingerprint density at radius 1 is 1.26 bits per heavy atom. The minimum Gasteiger partial charge on any atom is -0.416 e. The summed E-state index contributed by atoms with van der Waals surface area (Å²) in [6.07, 6.45) is 0.429. The maximum Gasteiger partial charge on any atom is 0.321 e. The van der Waals surface area contributed by atoms with Crippen molar-refractivity contribution in [2.24, 2.45) is 0 Å². The summed E-state index contributed by atoms with van der Waals surface area (Å²) in [6, 6.07) is 8.52. The average molecular weight is 403 g/mol. The second-order valence-electron chi connectivity index (χ2n) is 5.47. The molecule has 0 aliphatic rings. The minimum atomic E-state index is -0.710. The second-order valence-corrected chi connectivity index (χ2v) is 7.59. The van der Waals surface area contributed by atoms with E-state index in [9.17, 15) is 9.59 Å². The van der Waals surface area contributed by atoms with Crippen LogP contribution in [0.2, 0.25) is 0 Å². The van der Waals surface area contributed by atoms with E-state index in [0.717, 1.165) is 28.0 Å². The van der Waals surface area contributed by atoms with E-state index in [1.54, 1.807) is 23.5 Å². The first-order valence-electron chi connectivity index (χ1n) is 8.02. The van der Waals surface area contributed by atoms with Gasteiger partial charge < -0.3 is 9.73 Å². The number of thiazole rings is 1. The zero-order valence-corrected chi connectivity index (χ0v) is 16.3. The van der Waals surface area contributed by atoms with Gasteiger partial charge in [0.15, 0.2) is 0 Å². The predicted octanol–water partition coefficient (Wildman–Crippen LogP) is 2.71. The van der Waals surface area contributed by atoms with Crippen LogP contribution in [0.4, 0.5) is 4.79 Å². The lowest BCUT2D eigenvalue weighted by atomic mass is 10.1. The summed E-state index contributed by atoms with van der Waals surface area (Å²) in [4.78, 5) is 28.4. The van der Waals surface area contributed by atoms with E-state index >= 15 is 0 Å². The molecule has 0 saturated heterocycles. The number of urea groups is 1. The number of hydrogen-bond donors (Lipinski definition) is 2. The first kappa shape index (κ1) is 19.1. The summed E-state index contributed by atoms with van der Waals surface area (Å²) < 4.78 is 5.66. The molecule has 0 spiro atoms. The monoisotopic (exact) mass is 403 g/mol. The number of benzene rings is 1. The summed E-state index contributed by atoms with van der Waals surface area (Å²) in [7, 11) is 1.44. The topological polar surface area (TPSA) is 110 Å². The van der Waals surface area contributed by atoms with Gasteiger partial charge in [-0.25, -0.2) is 9.78 Å². The van der Waals surface area contributed by atoms with Gasteiger partial charge in [0.25, 0.3) is 5.22 Å². The Morgan fingerprint density at radius 3 is 2.70 bits per heavy atom. The second kappa shape index (κ2) is 8.78. The van der Waals surface area contributed by atoms with Crippen molar-refractivity contribution in [1.82, 2.24) is 25.8 Å². The van der Waals surface area contributed by atoms with Crippen molar-refractivity contribution in [2.45, 2.75) is 23.8 Å². The first-order chi connectivity index (χ1) is 13.0. The maximum atomic E-state index is 12.5. The lowest BCUT2D eigenvalue weighted by Gasteiger charge is -2.14.